The highest BCUT2D eigenvalue weighted by Crippen LogP contribution is 2.12. The van der Waals surface area contributed by atoms with Crippen LogP contribution in [0.25, 0.3) is 0 Å². The van der Waals surface area contributed by atoms with E-state index in [1.165, 1.54) is 31.2 Å². The van der Waals surface area contributed by atoms with Crippen LogP contribution in [0.5, 0.6) is 5.75 Å². The van der Waals surface area contributed by atoms with Gasteiger partial charge in [-0.2, -0.15) is 0 Å². The van der Waals surface area contributed by atoms with Gasteiger partial charge >= 0.3 is 11.9 Å². The van der Waals surface area contributed by atoms with E-state index in [1.54, 1.807) is 0 Å². The molecule has 28 heavy (non-hydrogen) atoms. The lowest BCUT2D eigenvalue weighted by molar-refractivity contribution is -0.144. The molecule has 0 fully saturated rings. The van der Waals surface area contributed by atoms with Crippen molar-refractivity contribution < 1.29 is 34.5 Å². The zero-order chi connectivity index (χ0) is 21.4. The third-order valence-corrected chi connectivity index (χ3v) is 3.96. The number of hydrogen-bond acceptors (Lipinski definition) is 7. The van der Waals surface area contributed by atoms with Crippen LogP contribution >= 0.6 is 0 Å². The molecule has 0 aliphatic rings. The molecule has 154 valence electrons. The molecule has 0 radical (unpaired) electrons. The van der Waals surface area contributed by atoms with Crippen LogP contribution in [-0.4, -0.2) is 63.2 Å². The Morgan fingerprint density at radius 3 is 2.11 bits per heavy atom. The highest BCUT2D eigenvalue weighted by atomic mass is 16.4. The number of phenolic OH excluding ortho intramolecular Hbond substituents is 1. The smallest absolute Gasteiger partial charge is 0.327 e. The Morgan fingerprint density at radius 1 is 1.07 bits per heavy atom. The number of nitrogens with one attached hydrogen (secondary N) is 2. The molecule has 0 spiro atoms. The first-order chi connectivity index (χ1) is 13.0. The lowest BCUT2D eigenvalue weighted by Crippen LogP contribution is -2.59. The van der Waals surface area contributed by atoms with Crippen molar-refractivity contribution in [2.24, 2.45) is 11.5 Å². The molecule has 1 rings (SSSR count). The molecule has 0 bridgehead atoms. The number of aromatic hydroxyl groups is 1. The van der Waals surface area contributed by atoms with Crippen LogP contribution in [0.15, 0.2) is 24.3 Å². The van der Waals surface area contributed by atoms with Gasteiger partial charge in [-0.05, 0) is 31.0 Å². The number of hydrogen-bond donors (Lipinski definition) is 7. The maximum atomic E-state index is 12.0. The molecule has 0 heterocycles. The van der Waals surface area contributed by atoms with Crippen LogP contribution in [0.1, 0.15) is 18.9 Å². The maximum Gasteiger partial charge on any atom is 0.327 e. The standard InChI is InChI=1S/C17H24N4O7/c1-8(14(17(27)28)21-15(24)11(18)7-13(19)23)20-12(16(25)26)6-9-2-4-10(22)5-3-9/h2-5,8,11-12,14,20,22H,6-7,18H2,1H3,(H2,19,23)(H,21,24)(H,25,26)(H,27,28)/t8-,11+,12+,14+/m1/s1. The quantitative estimate of drug-likeness (QED) is 0.223. The van der Waals surface area contributed by atoms with Gasteiger partial charge in [-0.25, -0.2) is 4.79 Å². The summed E-state index contributed by atoms with van der Waals surface area (Å²) in [6, 6.07) is 0.925. The molecule has 0 saturated heterocycles. The Kier molecular flexibility index (Phi) is 8.35. The van der Waals surface area contributed by atoms with Gasteiger partial charge < -0.3 is 32.1 Å². The van der Waals surface area contributed by atoms with Gasteiger partial charge in [0.1, 0.15) is 17.8 Å². The second-order valence-electron chi connectivity index (χ2n) is 6.32. The van der Waals surface area contributed by atoms with Gasteiger partial charge in [-0.3, -0.25) is 19.7 Å². The number of carbonyl (C=O) groups excluding carboxylic acids is 2. The van der Waals surface area contributed by atoms with Gasteiger partial charge in [0.15, 0.2) is 0 Å². The zero-order valence-corrected chi connectivity index (χ0v) is 15.2. The average Bonchev–Trinajstić information content (AvgIpc) is 2.59. The van der Waals surface area contributed by atoms with Crippen molar-refractivity contribution in [2.45, 2.75) is 43.9 Å². The number of phenols is 1. The van der Waals surface area contributed by atoms with Crippen molar-refractivity contribution in [1.29, 1.82) is 0 Å². The number of carboxylic acid groups (broad SMARTS) is 2. The van der Waals surface area contributed by atoms with E-state index in [1.807, 2.05) is 0 Å². The molecule has 4 atom stereocenters. The molecule has 0 unspecified atom stereocenters. The lowest BCUT2D eigenvalue weighted by Gasteiger charge is -2.26. The minimum Gasteiger partial charge on any atom is -0.508 e. The van der Waals surface area contributed by atoms with E-state index in [4.69, 9.17) is 11.5 Å². The molecule has 11 heteroatoms. The van der Waals surface area contributed by atoms with Crippen molar-refractivity contribution in [1.82, 2.24) is 10.6 Å². The number of aliphatic carboxylic acids is 2. The van der Waals surface area contributed by atoms with E-state index in [0.29, 0.717) is 5.56 Å². The van der Waals surface area contributed by atoms with E-state index in [9.17, 15) is 34.5 Å². The zero-order valence-electron chi connectivity index (χ0n) is 15.2. The predicted molar refractivity (Wildman–Crippen MR) is 97.2 cm³/mol. The van der Waals surface area contributed by atoms with Crippen LogP contribution in [0, 0.1) is 0 Å². The summed E-state index contributed by atoms with van der Waals surface area (Å²) in [6.07, 6.45) is -0.444. The fourth-order valence-electron chi connectivity index (χ4n) is 2.47. The molecule has 0 saturated carbocycles. The first-order valence-electron chi connectivity index (χ1n) is 8.35. The third kappa shape index (κ3) is 7.21. The van der Waals surface area contributed by atoms with Gasteiger partial charge in [0.2, 0.25) is 11.8 Å². The predicted octanol–water partition coefficient (Wildman–Crippen LogP) is -1.86. The summed E-state index contributed by atoms with van der Waals surface area (Å²) >= 11 is 0. The SMILES string of the molecule is C[C@@H](N[C@@H](Cc1ccc(O)cc1)C(=O)O)[C@H](NC(=O)[C@@H](N)CC(N)=O)C(=O)O. The number of nitrogens with two attached hydrogens (primary N) is 2. The van der Waals surface area contributed by atoms with Crippen molar-refractivity contribution in [2.75, 3.05) is 0 Å². The summed E-state index contributed by atoms with van der Waals surface area (Å²) in [5.41, 5.74) is 11.0. The average molecular weight is 396 g/mol. The Bertz CT molecular complexity index is 723. The van der Waals surface area contributed by atoms with Crippen LogP contribution in [0.3, 0.4) is 0 Å². The largest absolute Gasteiger partial charge is 0.508 e. The van der Waals surface area contributed by atoms with Crippen LogP contribution < -0.4 is 22.1 Å². The fraction of sp³-hybridized carbons (Fsp3) is 0.412. The van der Waals surface area contributed by atoms with E-state index >= 15 is 0 Å². The number of rotatable bonds is 11. The Morgan fingerprint density at radius 2 is 1.64 bits per heavy atom. The van der Waals surface area contributed by atoms with Gasteiger partial charge in [0, 0.05) is 6.04 Å². The van der Waals surface area contributed by atoms with Gasteiger partial charge in [0.25, 0.3) is 0 Å². The Balaban J connectivity index is 2.83. The molecule has 11 nitrogen and oxygen atoms in total. The molecule has 0 aliphatic heterocycles. The van der Waals surface area contributed by atoms with Crippen LogP contribution in [-0.2, 0) is 25.6 Å². The third-order valence-electron chi connectivity index (χ3n) is 3.96. The summed E-state index contributed by atoms with van der Waals surface area (Å²) in [4.78, 5) is 45.8. The Labute approximate surface area is 160 Å². The molecule has 0 aliphatic carbocycles. The summed E-state index contributed by atoms with van der Waals surface area (Å²) < 4.78 is 0. The van der Waals surface area contributed by atoms with E-state index in [2.05, 4.69) is 10.6 Å². The minimum absolute atomic E-state index is 0.0153. The van der Waals surface area contributed by atoms with Gasteiger partial charge in [0.05, 0.1) is 12.5 Å². The number of benzene rings is 1. The molecule has 0 aromatic heterocycles. The molecule has 1 aromatic rings. The number of carbonyl (C=O) groups is 4. The molecule has 1 aromatic carbocycles. The molecule has 2 amide bonds. The van der Waals surface area contributed by atoms with E-state index in [-0.39, 0.29) is 12.2 Å². The van der Waals surface area contributed by atoms with Gasteiger partial charge in [-0.1, -0.05) is 12.1 Å². The second-order valence-corrected chi connectivity index (χ2v) is 6.32. The second kappa shape index (κ2) is 10.2. The summed E-state index contributed by atoms with van der Waals surface area (Å²) in [7, 11) is 0. The number of amides is 2. The Hall–Kier alpha value is -3.18. The van der Waals surface area contributed by atoms with Crippen molar-refractivity contribution in [3.63, 3.8) is 0 Å². The highest BCUT2D eigenvalue weighted by molar-refractivity contribution is 5.90. The summed E-state index contributed by atoms with van der Waals surface area (Å²) in [5, 5.41) is 32.9. The van der Waals surface area contributed by atoms with Crippen LogP contribution in [0.4, 0.5) is 0 Å². The van der Waals surface area contributed by atoms with E-state index in [0.717, 1.165) is 0 Å². The van der Waals surface area contributed by atoms with Crippen LogP contribution in [0.2, 0.25) is 0 Å². The fourth-order valence-corrected chi connectivity index (χ4v) is 2.47. The maximum absolute atomic E-state index is 12.0. The topological polar surface area (TPSA) is 205 Å². The number of primary amides is 1. The summed E-state index contributed by atoms with van der Waals surface area (Å²) in [5.74, 6) is -4.32. The molecular weight excluding hydrogens is 372 g/mol. The van der Waals surface area contributed by atoms with Crippen molar-refractivity contribution in [3.8, 4) is 5.75 Å². The van der Waals surface area contributed by atoms with E-state index < -0.39 is 54.3 Å². The summed E-state index contributed by atoms with van der Waals surface area (Å²) in [6.45, 7) is 1.39. The van der Waals surface area contributed by atoms with Crippen molar-refractivity contribution >= 4 is 23.8 Å². The normalized spacial score (nSPS) is 15.1. The van der Waals surface area contributed by atoms with Gasteiger partial charge in [-0.15, -0.1) is 0 Å². The first kappa shape index (κ1) is 22.9. The molecular formula is C17H24N4O7. The lowest BCUT2D eigenvalue weighted by atomic mass is 10.0. The highest BCUT2D eigenvalue weighted by Gasteiger charge is 2.31. The number of carboxylic acids is 2. The monoisotopic (exact) mass is 396 g/mol. The minimum atomic E-state index is -1.49. The van der Waals surface area contributed by atoms with Crippen molar-refractivity contribution in [3.05, 3.63) is 29.8 Å². The first-order valence-corrected chi connectivity index (χ1v) is 8.35. The molecule has 9 N–H and O–H groups in total.